The molecule has 0 bridgehead atoms. The summed E-state index contributed by atoms with van der Waals surface area (Å²) in [7, 11) is 0. The van der Waals surface area contributed by atoms with E-state index in [0.29, 0.717) is 11.2 Å². The Morgan fingerprint density at radius 2 is 2.00 bits per heavy atom. The summed E-state index contributed by atoms with van der Waals surface area (Å²) >= 11 is 0. The maximum atomic E-state index is 12.6. The van der Waals surface area contributed by atoms with Crippen molar-refractivity contribution in [2.75, 3.05) is 5.32 Å². The number of fused-ring (bicyclic) bond motifs is 1. The zero-order chi connectivity index (χ0) is 20.5. The van der Waals surface area contributed by atoms with Crippen LogP contribution in [0.2, 0.25) is 0 Å². The standard InChI is InChI=1S/C22H20N6O2/c23-13-15-3-1-2-4-18(15)28-19-9-11-24-22(29)20(19)21(26-28)25-16-7-5-14(6-8-16)17-10-12-30-27-17/h5-12,15,18H,1-4H2,(H,24,29)(H,25,26)/t15-,18+/m1/s1. The highest BCUT2D eigenvalue weighted by Crippen LogP contribution is 2.36. The van der Waals surface area contributed by atoms with E-state index >= 15 is 0 Å². The van der Waals surface area contributed by atoms with Crippen molar-refractivity contribution in [1.29, 1.82) is 5.26 Å². The average molecular weight is 400 g/mol. The highest BCUT2D eigenvalue weighted by atomic mass is 16.5. The van der Waals surface area contributed by atoms with E-state index < -0.39 is 0 Å². The number of nitriles is 1. The number of anilines is 2. The van der Waals surface area contributed by atoms with E-state index in [1.807, 2.05) is 35.0 Å². The van der Waals surface area contributed by atoms with Crippen LogP contribution in [0.5, 0.6) is 0 Å². The Morgan fingerprint density at radius 3 is 2.77 bits per heavy atom. The number of hydrogen-bond acceptors (Lipinski definition) is 6. The van der Waals surface area contributed by atoms with E-state index in [9.17, 15) is 10.1 Å². The molecule has 1 fully saturated rings. The molecule has 8 heteroatoms. The highest BCUT2D eigenvalue weighted by Gasteiger charge is 2.29. The van der Waals surface area contributed by atoms with Gasteiger partial charge in [0.1, 0.15) is 17.3 Å². The molecule has 1 aliphatic carbocycles. The number of hydrogen-bond donors (Lipinski definition) is 2. The Bertz CT molecular complexity index is 1260. The van der Waals surface area contributed by atoms with Crippen LogP contribution < -0.4 is 10.9 Å². The third-order valence-electron chi connectivity index (χ3n) is 5.72. The van der Waals surface area contributed by atoms with E-state index in [1.165, 1.54) is 6.26 Å². The molecule has 1 saturated carbocycles. The van der Waals surface area contributed by atoms with Gasteiger partial charge in [0, 0.05) is 23.5 Å². The second kappa shape index (κ2) is 7.52. The molecule has 0 spiro atoms. The molecule has 0 radical (unpaired) electrons. The highest BCUT2D eigenvalue weighted by molar-refractivity contribution is 5.91. The van der Waals surface area contributed by atoms with Gasteiger partial charge in [0.05, 0.1) is 23.5 Å². The number of rotatable bonds is 4. The van der Waals surface area contributed by atoms with Gasteiger partial charge in [-0.3, -0.25) is 9.48 Å². The normalized spacial score (nSPS) is 18.9. The molecule has 1 aliphatic rings. The minimum atomic E-state index is -0.204. The van der Waals surface area contributed by atoms with Gasteiger partial charge < -0.3 is 14.8 Å². The summed E-state index contributed by atoms with van der Waals surface area (Å²) in [6.45, 7) is 0. The van der Waals surface area contributed by atoms with Gasteiger partial charge in [0.2, 0.25) is 0 Å². The molecule has 0 unspecified atom stereocenters. The largest absolute Gasteiger partial charge is 0.364 e. The van der Waals surface area contributed by atoms with Crippen LogP contribution in [0.4, 0.5) is 11.5 Å². The lowest BCUT2D eigenvalue weighted by molar-refractivity contribution is 0.277. The molecular formula is C22H20N6O2. The van der Waals surface area contributed by atoms with Crippen LogP contribution in [0.3, 0.4) is 0 Å². The van der Waals surface area contributed by atoms with Crippen molar-refractivity contribution >= 4 is 22.4 Å². The van der Waals surface area contributed by atoms with Gasteiger partial charge >= 0.3 is 0 Å². The van der Waals surface area contributed by atoms with Gasteiger partial charge in [-0.2, -0.15) is 10.4 Å². The van der Waals surface area contributed by atoms with Gasteiger partial charge in [-0.25, -0.2) is 0 Å². The number of nitrogens with one attached hydrogen (secondary N) is 2. The fourth-order valence-corrected chi connectivity index (χ4v) is 4.22. The first kappa shape index (κ1) is 18.2. The van der Waals surface area contributed by atoms with Crippen molar-refractivity contribution in [2.24, 2.45) is 5.92 Å². The van der Waals surface area contributed by atoms with Crippen LogP contribution in [-0.2, 0) is 0 Å². The predicted octanol–water partition coefficient (Wildman–Crippen LogP) is 4.38. The molecule has 1 aromatic carbocycles. The lowest BCUT2D eigenvalue weighted by Gasteiger charge is -2.27. The number of nitrogens with zero attached hydrogens (tertiary/aromatic N) is 4. The monoisotopic (exact) mass is 400 g/mol. The first-order chi connectivity index (χ1) is 14.7. The second-order valence-electron chi connectivity index (χ2n) is 7.53. The summed E-state index contributed by atoms with van der Waals surface area (Å²) in [5.41, 5.74) is 3.03. The van der Waals surface area contributed by atoms with Crippen LogP contribution in [0, 0.1) is 17.2 Å². The molecule has 0 saturated heterocycles. The minimum absolute atomic E-state index is 0.0295. The molecular weight excluding hydrogens is 380 g/mol. The Hall–Kier alpha value is -3.86. The van der Waals surface area contributed by atoms with E-state index in [4.69, 9.17) is 9.62 Å². The maximum Gasteiger partial charge on any atom is 0.261 e. The lowest BCUT2D eigenvalue weighted by atomic mass is 9.85. The summed E-state index contributed by atoms with van der Waals surface area (Å²) < 4.78 is 6.76. The number of aromatic amines is 1. The van der Waals surface area contributed by atoms with E-state index in [1.54, 1.807) is 12.3 Å². The minimum Gasteiger partial charge on any atom is -0.364 e. The van der Waals surface area contributed by atoms with Crippen molar-refractivity contribution < 1.29 is 4.52 Å². The second-order valence-corrected chi connectivity index (χ2v) is 7.53. The number of H-pyrrole nitrogens is 1. The first-order valence-electron chi connectivity index (χ1n) is 10.0. The lowest BCUT2D eigenvalue weighted by Crippen LogP contribution is -2.23. The number of benzene rings is 1. The zero-order valence-electron chi connectivity index (χ0n) is 16.2. The molecule has 150 valence electrons. The van der Waals surface area contributed by atoms with Gasteiger partial charge in [0.15, 0.2) is 5.82 Å². The Morgan fingerprint density at radius 1 is 1.17 bits per heavy atom. The van der Waals surface area contributed by atoms with Gasteiger partial charge in [-0.1, -0.05) is 30.1 Å². The number of pyridine rings is 1. The van der Waals surface area contributed by atoms with E-state index in [-0.39, 0.29) is 17.5 Å². The summed E-state index contributed by atoms with van der Waals surface area (Å²) in [4.78, 5) is 15.4. The third kappa shape index (κ3) is 3.14. The van der Waals surface area contributed by atoms with Crippen molar-refractivity contribution in [1.82, 2.24) is 19.9 Å². The molecule has 5 rings (SSSR count). The fraction of sp³-hybridized carbons (Fsp3) is 0.273. The summed E-state index contributed by atoms with van der Waals surface area (Å²) in [6.07, 6.45) is 7.01. The van der Waals surface area contributed by atoms with Crippen molar-refractivity contribution in [3.63, 3.8) is 0 Å². The summed E-state index contributed by atoms with van der Waals surface area (Å²) in [5, 5.41) is 22.1. The smallest absolute Gasteiger partial charge is 0.261 e. The van der Waals surface area contributed by atoms with Crippen molar-refractivity contribution in [3.8, 4) is 17.3 Å². The Balaban J connectivity index is 1.53. The molecule has 4 aromatic rings. The van der Waals surface area contributed by atoms with Crippen molar-refractivity contribution in [2.45, 2.75) is 31.7 Å². The van der Waals surface area contributed by atoms with Crippen LogP contribution in [0.15, 0.2) is 58.2 Å². The molecule has 0 aliphatic heterocycles. The first-order valence-corrected chi connectivity index (χ1v) is 10.0. The molecule has 30 heavy (non-hydrogen) atoms. The molecule has 8 nitrogen and oxygen atoms in total. The SMILES string of the molecule is N#C[C@H]1CCCC[C@@H]1n1nc(Nc2ccc(-c3ccon3)cc2)c2c(=O)[nH]ccc21. The van der Waals surface area contributed by atoms with Crippen LogP contribution in [0.25, 0.3) is 22.2 Å². The molecule has 2 atom stereocenters. The van der Waals surface area contributed by atoms with Crippen LogP contribution in [-0.4, -0.2) is 19.9 Å². The maximum absolute atomic E-state index is 12.6. The predicted molar refractivity (Wildman–Crippen MR) is 112 cm³/mol. The summed E-state index contributed by atoms with van der Waals surface area (Å²) in [5.74, 6) is 0.388. The van der Waals surface area contributed by atoms with Crippen LogP contribution >= 0.6 is 0 Å². The average Bonchev–Trinajstić information content (AvgIpc) is 3.44. The van der Waals surface area contributed by atoms with E-state index in [2.05, 4.69) is 21.5 Å². The van der Waals surface area contributed by atoms with Gasteiger partial charge in [0.25, 0.3) is 5.56 Å². The third-order valence-corrected chi connectivity index (χ3v) is 5.72. The van der Waals surface area contributed by atoms with Gasteiger partial charge in [-0.05, 0) is 31.0 Å². The van der Waals surface area contributed by atoms with Gasteiger partial charge in [-0.15, -0.1) is 0 Å². The molecule has 0 amide bonds. The van der Waals surface area contributed by atoms with Crippen molar-refractivity contribution in [3.05, 3.63) is 59.2 Å². The molecule has 2 N–H and O–H groups in total. The fourth-order valence-electron chi connectivity index (χ4n) is 4.22. The van der Waals surface area contributed by atoms with Crippen LogP contribution in [0.1, 0.15) is 31.7 Å². The molecule has 3 heterocycles. The topological polar surface area (TPSA) is 113 Å². The Kier molecular flexibility index (Phi) is 4.56. The zero-order valence-corrected chi connectivity index (χ0v) is 16.2. The quantitative estimate of drug-likeness (QED) is 0.526. The Labute approximate surface area is 172 Å². The number of aromatic nitrogens is 4. The molecule has 3 aromatic heterocycles. The summed E-state index contributed by atoms with van der Waals surface area (Å²) in [6, 6.07) is 13.7. The van der Waals surface area contributed by atoms with E-state index in [0.717, 1.165) is 48.1 Å².